The normalized spacial score (nSPS) is 14.1. The van der Waals surface area contributed by atoms with Gasteiger partial charge in [-0.05, 0) is 18.2 Å². The van der Waals surface area contributed by atoms with Gasteiger partial charge >= 0.3 is 0 Å². The van der Waals surface area contributed by atoms with Gasteiger partial charge in [0.15, 0.2) is 0 Å². The van der Waals surface area contributed by atoms with Crippen LogP contribution in [0.3, 0.4) is 0 Å². The van der Waals surface area contributed by atoms with Gasteiger partial charge in [0.25, 0.3) is 5.91 Å². The Balaban J connectivity index is 2.23. The highest BCUT2D eigenvalue weighted by molar-refractivity contribution is 5.95. The minimum atomic E-state index is 0.0962. The van der Waals surface area contributed by atoms with E-state index in [9.17, 15) is 4.79 Å². The largest absolute Gasteiger partial charge is 0.497 e. The number of rotatable bonds is 2. The summed E-state index contributed by atoms with van der Waals surface area (Å²) in [5, 5.41) is 0. The summed E-state index contributed by atoms with van der Waals surface area (Å²) in [6, 6.07) is 7.23. The first-order chi connectivity index (χ1) is 6.31. The molecule has 0 spiro atoms. The molecule has 3 heteroatoms. The third kappa shape index (κ3) is 1.64. The molecule has 0 radical (unpaired) electrons. The molecule has 0 saturated carbocycles. The predicted molar refractivity (Wildman–Crippen MR) is 48.9 cm³/mol. The molecule has 1 aliphatic heterocycles. The van der Waals surface area contributed by atoms with Crippen molar-refractivity contribution < 1.29 is 9.53 Å². The number of carbonyl (C=O) groups is 1. The average Bonchev–Trinajstić information content (AvgIpc) is 3.00. The van der Waals surface area contributed by atoms with Crippen molar-refractivity contribution in [3.63, 3.8) is 0 Å². The van der Waals surface area contributed by atoms with Gasteiger partial charge < -0.3 is 9.64 Å². The van der Waals surface area contributed by atoms with Gasteiger partial charge in [0.1, 0.15) is 5.75 Å². The SMILES string of the molecule is COc1cccc(C(=O)N2CC2)c1. The summed E-state index contributed by atoms with van der Waals surface area (Å²) < 4.78 is 5.03. The lowest BCUT2D eigenvalue weighted by atomic mass is 10.2. The van der Waals surface area contributed by atoms with Crippen LogP contribution < -0.4 is 4.74 Å². The van der Waals surface area contributed by atoms with Crippen molar-refractivity contribution in [2.24, 2.45) is 0 Å². The number of ether oxygens (including phenoxy) is 1. The van der Waals surface area contributed by atoms with Crippen LogP contribution in [0.1, 0.15) is 10.4 Å². The predicted octanol–water partition coefficient (Wildman–Crippen LogP) is 1.15. The maximum atomic E-state index is 11.5. The van der Waals surface area contributed by atoms with Gasteiger partial charge in [0, 0.05) is 18.7 Å². The van der Waals surface area contributed by atoms with E-state index in [1.54, 1.807) is 18.1 Å². The molecule has 1 amide bonds. The number of amides is 1. The summed E-state index contributed by atoms with van der Waals surface area (Å²) >= 11 is 0. The summed E-state index contributed by atoms with van der Waals surface area (Å²) in [5.74, 6) is 0.826. The zero-order chi connectivity index (χ0) is 9.26. The second-order valence-electron chi connectivity index (χ2n) is 3.02. The quantitative estimate of drug-likeness (QED) is 0.634. The van der Waals surface area contributed by atoms with E-state index in [1.165, 1.54) is 0 Å². The van der Waals surface area contributed by atoms with Crippen molar-refractivity contribution in [2.45, 2.75) is 0 Å². The molecule has 1 fully saturated rings. The summed E-state index contributed by atoms with van der Waals surface area (Å²) in [5.41, 5.74) is 0.705. The smallest absolute Gasteiger partial charge is 0.254 e. The molecule has 0 N–H and O–H groups in total. The fourth-order valence-electron chi connectivity index (χ4n) is 1.19. The van der Waals surface area contributed by atoms with Crippen LogP contribution in [0.15, 0.2) is 24.3 Å². The molecule has 0 bridgehead atoms. The number of hydrogen-bond donors (Lipinski definition) is 0. The molecular weight excluding hydrogens is 166 g/mol. The number of methoxy groups -OCH3 is 1. The topological polar surface area (TPSA) is 29.3 Å². The van der Waals surface area contributed by atoms with Gasteiger partial charge in [-0.25, -0.2) is 0 Å². The zero-order valence-corrected chi connectivity index (χ0v) is 7.49. The van der Waals surface area contributed by atoms with E-state index >= 15 is 0 Å². The summed E-state index contributed by atoms with van der Waals surface area (Å²) in [6.07, 6.45) is 0. The Bertz CT molecular complexity index is 331. The van der Waals surface area contributed by atoms with Crippen LogP contribution in [0, 0.1) is 0 Å². The molecule has 68 valence electrons. The van der Waals surface area contributed by atoms with Gasteiger partial charge in [-0.1, -0.05) is 6.07 Å². The number of carbonyl (C=O) groups excluding carboxylic acids is 1. The molecule has 3 nitrogen and oxygen atoms in total. The van der Waals surface area contributed by atoms with Gasteiger partial charge in [-0.15, -0.1) is 0 Å². The molecule has 1 aromatic carbocycles. The van der Waals surface area contributed by atoms with E-state index in [4.69, 9.17) is 4.74 Å². The van der Waals surface area contributed by atoms with Crippen LogP contribution in [0.5, 0.6) is 5.75 Å². The van der Waals surface area contributed by atoms with Crippen molar-refractivity contribution in [1.29, 1.82) is 0 Å². The lowest BCUT2D eigenvalue weighted by molar-refractivity contribution is 0.0885. The van der Waals surface area contributed by atoms with E-state index in [-0.39, 0.29) is 5.91 Å². The molecule has 2 rings (SSSR count). The highest BCUT2D eigenvalue weighted by Crippen LogP contribution is 2.17. The van der Waals surface area contributed by atoms with Crippen LogP contribution in [0.25, 0.3) is 0 Å². The monoisotopic (exact) mass is 177 g/mol. The average molecular weight is 177 g/mol. The zero-order valence-electron chi connectivity index (χ0n) is 7.49. The van der Waals surface area contributed by atoms with Crippen LogP contribution >= 0.6 is 0 Å². The number of hydrogen-bond acceptors (Lipinski definition) is 2. The first kappa shape index (κ1) is 8.10. The number of benzene rings is 1. The Kier molecular flexibility index (Phi) is 1.93. The van der Waals surface area contributed by atoms with E-state index in [0.717, 1.165) is 18.8 Å². The summed E-state index contributed by atoms with van der Waals surface area (Å²) in [4.78, 5) is 13.3. The van der Waals surface area contributed by atoms with E-state index < -0.39 is 0 Å². The highest BCUT2D eigenvalue weighted by atomic mass is 16.5. The molecule has 1 saturated heterocycles. The molecule has 0 aromatic heterocycles. The van der Waals surface area contributed by atoms with E-state index in [2.05, 4.69) is 0 Å². The second kappa shape index (κ2) is 3.09. The van der Waals surface area contributed by atoms with Gasteiger partial charge in [-0.3, -0.25) is 4.79 Å². The van der Waals surface area contributed by atoms with Crippen molar-refractivity contribution >= 4 is 5.91 Å². The molecule has 13 heavy (non-hydrogen) atoms. The van der Waals surface area contributed by atoms with Gasteiger partial charge in [-0.2, -0.15) is 0 Å². The van der Waals surface area contributed by atoms with Crippen LogP contribution in [-0.2, 0) is 0 Å². The molecule has 0 unspecified atom stereocenters. The summed E-state index contributed by atoms with van der Waals surface area (Å²) in [6.45, 7) is 1.77. The molecule has 1 heterocycles. The Morgan fingerprint density at radius 3 is 2.85 bits per heavy atom. The molecule has 0 atom stereocenters. The fourth-order valence-corrected chi connectivity index (χ4v) is 1.19. The molecule has 1 aliphatic rings. The maximum Gasteiger partial charge on any atom is 0.254 e. The maximum absolute atomic E-state index is 11.5. The van der Waals surface area contributed by atoms with Gasteiger partial charge in [0.2, 0.25) is 0 Å². The van der Waals surface area contributed by atoms with Crippen molar-refractivity contribution in [3.8, 4) is 5.75 Å². The highest BCUT2D eigenvalue weighted by Gasteiger charge is 2.25. The van der Waals surface area contributed by atoms with Crippen LogP contribution in [0.4, 0.5) is 0 Å². The van der Waals surface area contributed by atoms with Crippen molar-refractivity contribution in [2.75, 3.05) is 20.2 Å². The third-order valence-electron chi connectivity index (χ3n) is 2.05. The molecule has 1 aromatic rings. The van der Waals surface area contributed by atoms with Gasteiger partial charge in [0.05, 0.1) is 7.11 Å². The van der Waals surface area contributed by atoms with Crippen molar-refractivity contribution in [3.05, 3.63) is 29.8 Å². The van der Waals surface area contributed by atoms with E-state index in [0.29, 0.717) is 5.56 Å². The fraction of sp³-hybridized carbons (Fsp3) is 0.300. The Hall–Kier alpha value is -1.51. The summed E-state index contributed by atoms with van der Waals surface area (Å²) in [7, 11) is 1.60. The van der Waals surface area contributed by atoms with Crippen LogP contribution in [-0.4, -0.2) is 31.0 Å². The number of nitrogens with zero attached hydrogens (tertiary/aromatic N) is 1. The minimum Gasteiger partial charge on any atom is -0.497 e. The van der Waals surface area contributed by atoms with Crippen molar-refractivity contribution in [1.82, 2.24) is 4.90 Å². The minimum absolute atomic E-state index is 0.0962. The third-order valence-corrected chi connectivity index (χ3v) is 2.05. The van der Waals surface area contributed by atoms with E-state index in [1.807, 2.05) is 18.2 Å². The standard InChI is InChI=1S/C10H11NO2/c1-13-9-4-2-3-8(7-9)10(12)11-5-6-11/h2-4,7H,5-6H2,1H3. The van der Waals surface area contributed by atoms with Crippen LogP contribution in [0.2, 0.25) is 0 Å². The Morgan fingerprint density at radius 1 is 1.46 bits per heavy atom. The lowest BCUT2D eigenvalue weighted by Crippen LogP contribution is -2.10. The Labute approximate surface area is 76.9 Å². The first-order valence-corrected chi connectivity index (χ1v) is 4.24. The second-order valence-corrected chi connectivity index (χ2v) is 3.02. The Morgan fingerprint density at radius 2 is 2.23 bits per heavy atom. The lowest BCUT2D eigenvalue weighted by Gasteiger charge is -2.03. The molecular formula is C10H11NO2. The molecule has 0 aliphatic carbocycles. The first-order valence-electron chi connectivity index (χ1n) is 4.24.